The number of tetrazole rings is 1. The monoisotopic (exact) mass is 301 g/mol. The van der Waals surface area contributed by atoms with Crippen molar-refractivity contribution in [2.24, 2.45) is 0 Å². The highest BCUT2D eigenvalue weighted by atomic mass is 16.5. The van der Waals surface area contributed by atoms with Gasteiger partial charge in [-0.2, -0.15) is 4.68 Å². The number of nitrogens with one attached hydrogen (secondary N) is 1. The smallest absolute Gasteiger partial charge is 0.338 e. The Morgan fingerprint density at radius 2 is 2.09 bits per heavy atom. The van der Waals surface area contributed by atoms with Crippen LogP contribution in [0.15, 0.2) is 35.5 Å². The summed E-state index contributed by atoms with van der Waals surface area (Å²) in [4.78, 5) is 12.2. The number of para-hydroxylation sites is 1. The highest BCUT2D eigenvalue weighted by Gasteiger charge is 2.36. The van der Waals surface area contributed by atoms with E-state index in [9.17, 15) is 4.79 Å². The molecule has 0 saturated heterocycles. The lowest BCUT2D eigenvalue weighted by Crippen LogP contribution is -2.29. The maximum absolute atomic E-state index is 12.2. The van der Waals surface area contributed by atoms with Crippen LogP contribution >= 0.6 is 0 Å². The number of rotatable bonds is 3. The summed E-state index contributed by atoms with van der Waals surface area (Å²) in [6, 6.07) is 6.91. The van der Waals surface area contributed by atoms with Gasteiger partial charge >= 0.3 is 5.97 Å². The SMILES string of the molecule is COC(=O)C1=C(C)Nc2nnnn2[C@H]1c1ccccc1OC. The second-order valence-electron chi connectivity index (χ2n) is 4.75. The van der Waals surface area contributed by atoms with Gasteiger partial charge in [-0.15, -0.1) is 0 Å². The van der Waals surface area contributed by atoms with E-state index in [1.165, 1.54) is 11.8 Å². The molecule has 0 radical (unpaired) electrons. The molecule has 1 N–H and O–H groups in total. The van der Waals surface area contributed by atoms with Crippen LogP contribution in [-0.4, -0.2) is 40.4 Å². The predicted molar refractivity (Wildman–Crippen MR) is 77.3 cm³/mol. The van der Waals surface area contributed by atoms with Gasteiger partial charge < -0.3 is 14.8 Å². The summed E-state index contributed by atoms with van der Waals surface area (Å²) in [5.74, 6) is 0.660. The minimum Gasteiger partial charge on any atom is -0.496 e. The molecule has 0 saturated carbocycles. The Kier molecular flexibility index (Phi) is 3.50. The molecule has 3 rings (SSSR count). The topological polar surface area (TPSA) is 91.2 Å². The lowest BCUT2D eigenvalue weighted by atomic mass is 9.95. The molecule has 22 heavy (non-hydrogen) atoms. The maximum Gasteiger partial charge on any atom is 0.338 e. The summed E-state index contributed by atoms with van der Waals surface area (Å²) in [7, 11) is 2.92. The number of allylic oxidation sites excluding steroid dienone is 1. The van der Waals surface area contributed by atoms with E-state index in [4.69, 9.17) is 9.47 Å². The molecule has 2 heterocycles. The molecular formula is C14H15N5O3. The fraction of sp³-hybridized carbons (Fsp3) is 0.286. The van der Waals surface area contributed by atoms with Gasteiger partial charge in [-0.25, -0.2) is 4.79 Å². The molecule has 1 aliphatic heterocycles. The Morgan fingerprint density at radius 3 is 2.82 bits per heavy atom. The second kappa shape index (κ2) is 5.47. The van der Waals surface area contributed by atoms with Crippen LogP contribution in [0.25, 0.3) is 0 Å². The third-order valence-corrected chi connectivity index (χ3v) is 3.55. The van der Waals surface area contributed by atoms with Gasteiger partial charge in [0.25, 0.3) is 0 Å². The summed E-state index contributed by atoms with van der Waals surface area (Å²) in [6.45, 7) is 1.78. The first kappa shape index (κ1) is 14.1. The van der Waals surface area contributed by atoms with E-state index in [2.05, 4.69) is 20.8 Å². The van der Waals surface area contributed by atoms with Crippen LogP contribution in [0.4, 0.5) is 5.95 Å². The van der Waals surface area contributed by atoms with Gasteiger partial charge in [0.05, 0.1) is 19.8 Å². The number of aromatic nitrogens is 4. The van der Waals surface area contributed by atoms with Crippen molar-refractivity contribution < 1.29 is 14.3 Å². The molecule has 1 aliphatic rings. The van der Waals surface area contributed by atoms with Crippen LogP contribution in [0.3, 0.4) is 0 Å². The molecule has 0 bridgehead atoms. The molecule has 8 nitrogen and oxygen atoms in total. The Bertz CT molecular complexity index is 752. The number of hydrogen-bond donors (Lipinski definition) is 1. The third kappa shape index (κ3) is 2.09. The van der Waals surface area contributed by atoms with Crippen LogP contribution in [-0.2, 0) is 9.53 Å². The number of benzene rings is 1. The zero-order valence-corrected chi connectivity index (χ0v) is 12.4. The summed E-state index contributed by atoms with van der Waals surface area (Å²) < 4.78 is 11.9. The summed E-state index contributed by atoms with van der Waals surface area (Å²) >= 11 is 0. The van der Waals surface area contributed by atoms with Gasteiger partial charge in [-0.1, -0.05) is 23.3 Å². The first-order chi connectivity index (χ1) is 10.7. The number of hydrogen-bond acceptors (Lipinski definition) is 7. The molecule has 1 atom stereocenters. The van der Waals surface area contributed by atoms with Gasteiger partial charge in [0.2, 0.25) is 5.95 Å². The summed E-state index contributed by atoms with van der Waals surface area (Å²) in [5.41, 5.74) is 1.86. The molecule has 0 aliphatic carbocycles. The lowest BCUT2D eigenvalue weighted by molar-refractivity contribution is -0.136. The number of nitrogens with zero attached hydrogens (tertiary/aromatic N) is 4. The first-order valence-corrected chi connectivity index (χ1v) is 6.64. The van der Waals surface area contributed by atoms with Crippen molar-refractivity contribution in [2.75, 3.05) is 19.5 Å². The zero-order chi connectivity index (χ0) is 15.7. The van der Waals surface area contributed by atoms with Gasteiger partial charge in [0, 0.05) is 11.3 Å². The highest BCUT2D eigenvalue weighted by Crippen LogP contribution is 2.38. The normalized spacial score (nSPS) is 16.8. The molecule has 0 amide bonds. The van der Waals surface area contributed by atoms with Gasteiger partial charge in [0.1, 0.15) is 11.8 Å². The Balaban J connectivity index is 2.23. The van der Waals surface area contributed by atoms with Gasteiger partial charge in [0.15, 0.2) is 0 Å². The number of carbonyl (C=O) groups is 1. The first-order valence-electron chi connectivity index (χ1n) is 6.64. The van der Waals surface area contributed by atoms with Crippen LogP contribution in [0.1, 0.15) is 18.5 Å². The summed E-state index contributed by atoms with van der Waals surface area (Å²) in [6.07, 6.45) is 0. The highest BCUT2D eigenvalue weighted by molar-refractivity contribution is 5.92. The molecule has 2 aromatic rings. The minimum absolute atomic E-state index is 0.437. The number of carbonyl (C=O) groups excluding carboxylic acids is 1. The van der Waals surface area contributed by atoms with E-state index >= 15 is 0 Å². The van der Waals surface area contributed by atoms with Crippen molar-refractivity contribution in [3.8, 4) is 5.75 Å². The molecule has 8 heteroatoms. The average Bonchev–Trinajstić information content (AvgIpc) is 3.00. The van der Waals surface area contributed by atoms with E-state index in [0.29, 0.717) is 23.0 Å². The van der Waals surface area contributed by atoms with Gasteiger partial charge in [-0.3, -0.25) is 0 Å². The minimum atomic E-state index is -0.519. The fourth-order valence-electron chi connectivity index (χ4n) is 2.57. The quantitative estimate of drug-likeness (QED) is 0.850. The summed E-state index contributed by atoms with van der Waals surface area (Å²) in [5, 5.41) is 14.6. The van der Waals surface area contributed by atoms with Crippen LogP contribution in [0, 0.1) is 0 Å². The van der Waals surface area contributed by atoms with Crippen LogP contribution in [0.5, 0.6) is 5.75 Å². The largest absolute Gasteiger partial charge is 0.496 e. The molecule has 0 spiro atoms. The molecule has 0 unspecified atom stereocenters. The maximum atomic E-state index is 12.2. The number of ether oxygens (including phenoxy) is 2. The molecular weight excluding hydrogens is 286 g/mol. The Morgan fingerprint density at radius 1 is 1.32 bits per heavy atom. The van der Waals surface area contributed by atoms with E-state index in [1.54, 1.807) is 14.0 Å². The second-order valence-corrected chi connectivity index (χ2v) is 4.75. The Hall–Kier alpha value is -2.90. The van der Waals surface area contributed by atoms with Gasteiger partial charge in [-0.05, 0) is 23.4 Å². The zero-order valence-electron chi connectivity index (χ0n) is 12.4. The standard InChI is InChI=1S/C14H15N5O3/c1-8-11(13(20)22-3)12(19-14(15-8)16-17-18-19)9-6-4-5-7-10(9)21-2/h4-7,12H,1-3H3,(H,15,16,18)/t12-/m0/s1. The lowest BCUT2D eigenvalue weighted by Gasteiger charge is -2.27. The van der Waals surface area contributed by atoms with Crippen LogP contribution in [0.2, 0.25) is 0 Å². The fourth-order valence-corrected chi connectivity index (χ4v) is 2.57. The molecule has 0 fully saturated rings. The van der Waals surface area contributed by atoms with E-state index in [1.807, 2.05) is 24.3 Å². The number of fused-ring (bicyclic) bond motifs is 1. The average molecular weight is 301 g/mol. The van der Waals surface area contributed by atoms with Crippen molar-refractivity contribution in [3.05, 3.63) is 41.1 Å². The Labute approximate surface area is 126 Å². The van der Waals surface area contributed by atoms with Crippen molar-refractivity contribution in [1.29, 1.82) is 0 Å². The predicted octanol–water partition coefficient (Wildman–Crippen LogP) is 1.14. The number of esters is 1. The van der Waals surface area contributed by atoms with E-state index < -0.39 is 12.0 Å². The number of anilines is 1. The van der Waals surface area contributed by atoms with E-state index in [0.717, 1.165) is 5.56 Å². The van der Waals surface area contributed by atoms with Crippen molar-refractivity contribution in [2.45, 2.75) is 13.0 Å². The molecule has 114 valence electrons. The van der Waals surface area contributed by atoms with E-state index in [-0.39, 0.29) is 0 Å². The van der Waals surface area contributed by atoms with Crippen molar-refractivity contribution in [3.63, 3.8) is 0 Å². The number of methoxy groups -OCH3 is 2. The third-order valence-electron chi connectivity index (χ3n) is 3.55. The van der Waals surface area contributed by atoms with Crippen molar-refractivity contribution in [1.82, 2.24) is 20.2 Å². The molecule has 1 aromatic carbocycles. The van der Waals surface area contributed by atoms with Crippen molar-refractivity contribution >= 4 is 11.9 Å². The molecule has 1 aromatic heterocycles. The van der Waals surface area contributed by atoms with Crippen LogP contribution < -0.4 is 10.1 Å².